The third kappa shape index (κ3) is 2.24. The van der Waals surface area contributed by atoms with Crippen LogP contribution in [0, 0.1) is 13.8 Å². The van der Waals surface area contributed by atoms with Crippen LogP contribution >= 0.6 is 11.3 Å². The Balaban J connectivity index is 1.99. The molecule has 0 saturated heterocycles. The van der Waals surface area contributed by atoms with Crippen LogP contribution in [-0.4, -0.2) is 10.1 Å². The van der Waals surface area contributed by atoms with Crippen molar-refractivity contribution < 1.29 is 4.52 Å². The minimum atomic E-state index is 0.523. The highest BCUT2D eigenvalue weighted by atomic mass is 32.1. The Morgan fingerprint density at radius 1 is 1.16 bits per heavy atom. The first-order valence-electron chi connectivity index (χ1n) is 5.90. The van der Waals surface area contributed by atoms with Crippen LogP contribution < -0.4 is 5.73 Å². The molecule has 0 bridgehead atoms. The van der Waals surface area contributed by atoms with Gasteiger partial charge in [-0.2, -0.15) is 4.98 Å². The second-order valence-electron chi connectivity index (χ2n) is 4.45. The van der Waals surface area contributed by atoms with E-state index in [9.17, 15) is 0 Å². The van der Waals surface area contributed by atoms with Crippen LogP contribution in [0.2, 0.25) is 0 Å². The molecule has 2 aromatic heterocycles. The van der Waals surface area contributed by atoms with E-state index in [1.807, 2.05) is 44.2 Å². The van der Waals surface area contributed by atoms with Crippen molar-refractivity contribution in [2.45, 2.75) is 13.8 Å². The van der Waals surface area contributed by atoms with Gasteiger partial charge in [-0.1, -0.05) is 35.0 Å². The van der Waals surface area contributed by atoms with E-state index in [4.69, 9.17) is 10.3 Å². The summed E-state index contributed by atoms with van der Waals surface area (Å²) in [5.41, 5.74) is 8.99. The zero-order valence-corrected chi connectivity index (χ0v) is 11.5. The summed E-state index contributed by atoms with van der Waals surface area (Å²) in [5, 5.41) is 4.77. The summed E-state index contributed by atoms with van der Waals surface area (Å²) in [6, 6.07) is 9.94. The Morgan fingerprint density at radius 2 is 1.89 bits per heavy atom. The first-order valence-corrected chi connectivity index (χ1v) is 6.72. The molecule has 0 unspecified atom stereocenters. The molecule has 0 radical (unpaired) electrons. The minimum absolute atomic E-state index is 0.523. The summed E-state index contributed by atoms with van der Waals surface area (Å²) >= 11 is 1.46. The number of aromatic nitrogens is 2. The Morgan fingerprint density at radius 3 is 2.53 bits per heavy atom. The van der Waals surface area contributed by atoms with E-state index in [2.05, 4.69) is 10.1 Å². The van der Waals surface area contributed by atoms with E-state index in [-0.39, 0.29) is 0 Å². The van der Waals surface area contributed by atoms with Gasteiger partial charge in [0, 0.05) is 5.56 Å². The van der Waals surface area contributed by atoms with Crippen LogP contribution in [0.4, 0.5) is 5.00 Å². The number of hydrogen-bond acceptors (Lipinski definition) is 5. The smallest absolute Gasteiger partial charge is 0.268 e. The molecule has 0 aliphatic rings. The van der Waals surface area contributed by atoms with Crippen molar-refractivity contribution in [3.05, 3.63) is 41.5 Å². The zero-order valence-electron chi connectivity index (χ0n) is 10.7. The lowest BCUT2D eigenvalue weighted by Gasteiger charge is -1.94. The topological polar surface area (TPSA) is 64.9 Å². The van der Waals surface area contributed by atoms with Crippen molar-refractivity contribution in [2.24, 2.45) is 0 Å². The molecule has 96 valence electrons. The van der Waals surface area contributed by atoms with Gasteiger partial charge >= 0.3 is 0 Å². The maximum Gasteiger partial charge on any atom is 0.268 e. The highest BCUT2D eigenvalue weighted by molar-refractivity contribution is 7.19. The van der Waals surface area contributed by atoms with Crippen molar-refractivity contribution >= 4 is 16.3 Å². The maximum atomic E-state index is 5.78. The molecule has 0 atom stereocenters. The number of benzene rings is 1. The molecule has 0 aliphatic carbocycles. The predicted octanol–water partition coefficient (Wildman–Crippen LogP) is 3.66. The van der Waals surface area contributed by atoms with Crippen LogP contribution in [0.15, 0.2) is 34.9 Å². The molecule has 0 fully saturated rings. The largest absolute Gasteiger partial charge is 0.391 e. The van der Waals surface area contributed by atoms with E-state index in [0.29, 0.717) is 11.7 Å². The molecule has 19 heavy (non-hydrogen) atoms. The van der Waals surface area contributed by atoms with Gasteiger partial charge in [-0.15, -0.1) is 11.3 Å². The van der Waals surface area contributed by atoms with Crippen molar-refractivity contribution in [1.82, 2.24) is 10.1 Å². The van der Waals surface area contributed by atoms with E-state index in [1.165, 1.54) is 16.9 Å². The fourth-order valence-corrected chi connectivity index (χ4v) is 2.72. The molecule has 0 saturated carbocycles. The maximum absolute atomic E-state index is 5.78. The van der Waals surface area contributed by atoms with Gasteiger partial charge in [0.1, 0.15) is 0 Å². The van der Waals surface area contributed by atoms with Gasteiger partial charge in [-0.25, -0.2) is 0 Å². The first-order chi connectivity index (χ1) is 9.13. The summed E-state index contributed by atoms with van der Waals surface area (Å²) in [6.07, 6.45) is 0. The Labute approximate surface area is 114 Å². The lowest BCUT2D eigenvalue weighted by Crippen LogP contribution is -1.81. The number of nitrogens with two attached hydrogens (primary N) is 1. The van der Waals surface area contributed by atoms with Crippen LogP contribution in [0.3, 0.4) is 0 Å². The number of anilines is 1. The summed E-state index contributed by atoms with van der Waals surface area (Å²) in [4.78, 5) is 5.37. The van der Waals surface area contributed by atoms with Gasteiger partial charge in [-0.05, 0) is 25.5 Å². The Kier molecular flexibility index (Phi) is 2.83. The Hall–Kier alpha value is -2.14. The zero-order chi connectivity index (χ0) is 13.4. The standard InChI is InChI=1S/C14H13N3OS/c1-8-3-5-10(6-4-8)13-16-14(18-17-13)12-9(2)7-11(15)19-12/h3-7H,15H2,1-2H3. The van der Waals surface area contributed by atoms with Crippen LogP contribution in [0.5, 0.6) is 0 Å². The molecular formula is C14H13N3OS. The number of hydrogen-bond donors (Lipinski definition) is 1. The molecule has 3 rings (SSSR count). The summed E-state index contributed by atoms with van der Waals surface area (Å²) in [5.74, 6) is 1.12. The normalized spacial score (nSPS) is 10.8. The average molecular weight is 271 g/mol. The quantitative estimate of drug-likeness (QED) is 0.772. The highest BCUT2D eigenvalue weighted by Gasteiger charge is 2.14. The second-order valence-corrected chi connectivity index (χ2v) is 5.53. The van der Waals surface area contributed by atoms with Gasteiger partial charge in [0.2, 0.25) is 5.82 Å². The highest BCUT2D eigenvalue weighted by Crippen LogP contribution is 2.33. The molecule has 0 amide bonds. The molecule has 1 aromatic carbocycles. The lowest BCUT2D eigenvalue weighted by atomic mass is 10.1. The number of aryl methyl sites for hydroxylation is 2. The van der Waals surface area contributed by atoms with E-state index < -0.39 is 0 Å². The average Bonchev–Trinajstić information content (AvgIpc) is 2.97. The van der Waals surface area contributed by atoms with Gasteiger partial charge in [0.15, 0.2) is 0 Å². The predicted molar refractivity (Wildman–Crippen MR) is 76.9 cm³/mol. The van der Waals surface area contributed by atoms with Crippen molar-refractivity contribution in [1.29, 1.82) is 0 Å². The van der Waals surface area contributed by atoms with Crippen molar-refractivity contribution in [3.63, 3.8) is 0 Å². The number of rotatable bonds is 2. The molecule has 0 spiro atoms. The van der Waals surface area contributed by atoms with Gasteiger partial charge in [0.05, 0.1) is 9.88 Å². The number of nitrogens with zero attached hydrogens (tertiary/aromatic N) is 2. The minimum Gasteiger partial charge on any atom is -0.391 e. The monoisotopic (exact) mass is 271 g/mol. The summed E-state index contributed by atoms with van der Waals surface area (Å²) < 4.78 is 5.32. The fraction of sp³-hybridized carbons (Fsp3) is 0.143. The van der Waals surface area contributed by atoms with Gasteiger partial charge in [0.25, 0.3) is 5.89 Å². The molecule has 2 N–H and O–H groups in total. The SMILES string of the molecule is Cc1ccc(-c2noc(-c3sc(N)cc3C)n2)cc1. The molecule has 5 heteroatoms. The third-order valence-corrected chi connectivity index (χ3v) is 3.92. The van der Waals surface area contributed by atoms with Crippen LogP contribution in [0.25, 0.3) is 22.2 Å². The summed E-state index contributed by atoms with van der Waals surface area (Å²) in [6.45, 7) is 4.03. The first kappa shape index (κ1) is 11.9. The van der Waals surface area contributed by atoms with Crippen LogP contribution in [0.1, 0.15) is 11.1 Å². The van der Waals surface area contributed by atoms with Crippen molar-refractivity contribution in [3.8, 4) is 22.2 Å². The molecular weight excluding hydrogens is 258 g/mol. The van der Waals surface area contributed by atoms with Crippen LogP contribution in [-0.2, 0) is 0 Å². The van der Waals surface area contributed by atoms with E-state index >= 15 is 0 Å². The Bertz CT molecular complexity index is 713. The third-order valence-electron chi connectivity index (χ3n) is 2.87. The van der Waals surface area contributed by atoms with Gasteiger partial charge in [-0.3, -0.25) is 0 Å². The summed E-state index contributed by atoms with van der Waals surface area (Å²) in [7, 11) is 0. The van der Waals surface area contributed by atoms with Gasteiger partial charge < -0.3 is 10.3 Å². The second kappa shape index (κ2) is 4.51. The molecule has 3 aromatic rings. The lowest BCUT2D eigenvalue weighted by molar-refractivity contribution is 0.433. The van der Waals surface area contributed by atoms with E-state index in [1.54, 1.807) is 0 Å². The molecule has 4 nitrogen and oxygen atoms in total. The molecule has 0 aliphatic heterocycles. The molecule has 2 heterocycles. The fourth-order valence-electron chi connectivity index (χ4n) is 1.85. The number of nitrogen functional groups attached to an aromatic ring is 1. The van der Waals surface area contributed by atoms with Crippen molar-refractivity contribution in [2.75, 3.05) is 5.73 Å². The van der Waals surface area contributed by atoms with E-state index in [0.717, 1.165) is 21.0 Å². The number of thiophene rings is 1.